The summed E-state index contributed by atoms with van der Waals surface area (Å²) in [4.78, 5) is 0. The van der Waals surface area contributed by atoms with Crippen molar-refractivity contribution in [3.8, 4) is 5.75 Å². The van der Waals surface area contributed by atoms with Gasteiger partial charge in [0.05, 0.1) is 6.61 Å². The highest BCUT2D eigenvalue weighted by Crippen LogP contribution is 2.27. The lowest BCUT2D eigenvalue weighted by molar-refractivity contribution is 0.319. The summed E-state index contributed by atoms with van der Waals surface area (Å²) < 4.78 is 5.76. The van der Waals surface area contributed by atoms with E-state index >= 15 is 0 Å². The molecule has 0 bridgehead atoms. The molecule has 0 fully saturated rings. The Morgan fingerprint density at radius 2 is 1.36 bits per heavy atom. The van der Waals surface area contributed by atoms with E-state index in [0.717, 1.165) is 24.1 Å². The smallest absolute Gasteiger partial charge is 0.119 e. The van der Waals surface area contributed by atoms with E-state index in [1.54, 1.807) is 0 Å². The molecule has 0 radical (unpaired) electrons. The Bertz CT molecular complexity index is 793. The third kappa shape index (κ3) is 5.07. The molecule has 3 aromatic rings. The lowest BCUT2D eigenvalue weighted by atomic mass is 9.95. The van der Waals surface area contributed by atoms with Gasteiger partial charge in [-0.25, -0.2) is 0 Å². The molecule has 126 valence electrons. The van der Waals surface area contributed by atoms with Crippen molar-refractivity contribution in [1.29, 1.82) is 0 Å². The van der Waals surface area contributed by atoms with Crippen molar-refractivity contribution in [2.75, 3.05) is 11.9 Å². The normalized spacial score (nSPS) is 11.3. The summed E-state index contributed by atoms with van der Waals surface area (Å²) in [6.45, 7) is 0.732. The largest absolute Gasteiger partial charge is 0.494 e. The summed E-state index contributed by atoms with van der Waals surface area (Å²) in [6, 6.07) is 29.3. The predicted molar refractivity (Wildman–Crippen MR) is 110 cm³/mol. The summed E-state index contributed by atoms with van der Waals surface area (Å²) in [7, 11) is 0. The number of hydrogen-bond donors (Lipinski definition) is 0. The molecule has 0 N–H and O–H groups in total. The zero-order valence-electron chi connectivity index (χ0n) is 14.1. The van der Waals surface area contributed by atoms with E-state index in [1.165, 1.54) is 22.3 Å². The number of ether oxygens (including phenoxy) is 1. The summed E-state index contributed by atoms with van der Waals surface area (Å²) in [5.74, 6) is 0.914. The van der Waals surface area contributed by atoms with Crippen molar-refractivity contribution in [3.63, 3.8) is 0 Å². The molecule has 2 heteroatoms. The van der Waals surface area contributed by atoms with Crippen molar-refractivity contribution < 1.29 is 4.74 Å². The minimum Gasteiger partial charge on any atom is -0.494 e. The van der Waals surface area contributed by atoms with Gasteiger partial charge >= 0.3 is 0 Å². The van der Waals surface area contributed by atoms with Crippen LogP contribution in [0.4, 0.5) is 0 Å². The number of hydrogen-bond acceptors (Lipinski definition) is 1. The second-order valence-electron chi connectivity index (χ2n) is 5.75. The van der Waals surface area contributed by atoms with Gasteiger partial charge in [-0.15, -0.1) is 0 Å². The first-order valence-corrected chi connectivity index (χ1v) is 9.60. The first-order chi connectivity index (χ1) is 12.4. The molecule has 3 rings (SSSR count). The minimum absolute atomic E-state index is 0.732. The summed E-state index contributed by atoms with van der Waals surface area (Å²) in [6.07, 6.45) is 3.24. The van der Waals surface area contributed by atoms with E-state index in [4.69, 9.17) is 4.74 Å². The Labute approximate surface area is 158 Å². The number of halogens is 1. The van der Waals surface area contributed by atoms with Gasteiger partial charge < -0.3 is 4.74 Å². The monoisotopic (exact) mass is 392 g/mol. The van der Waals surface area contributed by atoms with Crippen LogP contribution in [0.15, 0.2) is 84.9 Å². The van der Waals surface area contributed by atoms with Gasteiger partial charge in [-0.1, -0.05) is 88.7 Å². The molecule has 0 spiro atoms. The maximum Gasteiger partial charge on any atom is 0.119 e. The van der Waals surface area contributed by atoms with Gasteiger partial charge in [-0.05, 0) is 46.9 Å². The minimum atomic E-state index is 0.732. The van der Waals surface area contributed by atoms with Gasteiger partial charge in [0.15, 0.2) is 0 Å². The van der Waals surface area contributed by atoms with Crippen molar-refractivity contribution in [2.45, 2.75) is 6.42 Å². The summed E-state index contributed by atoms with van der Waals surface area (Å²) in [5, 5.41) is 0.961. The molecule has 0 aliphatic carbocycles. The van der Waals surface area contributed by atoms with Crippen LogP contribution >= 0.6 is 15.9 Å². The molecule has 3 aromatic carbocycles. The average molecular weight is 393 g/mol. The second-order valence-corrected chi connectivity index (χ2v) is 6.54. The first-order valence-electron chi connectivity index (χ1n) is 8.48. The van der Waals surface area contributed by atoms with E-state index in [-0.39, 0.29) is 0 Å². The maximum atomic E-state index is 5.76. The fourth-order valence-corrected chi connectivity index (χ4v) is 2.87. The number of benzene rings is 3. The third-order valence-corrected chi connectivity index (χ3v) is 4.47. The Kier molecular flexibility index (Phi) is 6.47. The molecule has 0 unspecified atom stereocenters. The zero-order chi connectivity index (χ0) is 17.3. The lowest BCUT2D eigenvalue weighted by Gasteiger charge is -2.11. The lowest BCUT2D eigenvalue weighted by Crippen LogP contribution is -1.97. The van der Waals surface area contributed by atoms with Gasteiger partial charge in [0.25, 0.3) is 0 Å². The van der Waals surface area contributed by atoms with E-state index < -0.39 is 0 Å². The third-order valence-electron chi connectivity index (χ3n) is 3.91. The van der Waals surface area contributed by atoms with Crippen molar-refractivity contribution in [2.24, 2.45) is 0 Å². The zero-order valence-corrected chi connectivity index (χ0v) is 15.7. The molecule has 0 heterocycles. The van der Waals surface area contributed by atoms with E-state index in [2.05, 4.69) is 82.7 Å². The Morgan fingerprint density at radius 1 is 0.760 bits per heavy atom. The van der Waals surface area contributed by atoms with E-state index in [9.17, 15) is 0 Å². The quantitative estimate of drug-likeness (QED) is 0.255. The summed E-state index contributed by atoms with van der Waals surface area (Å²) in [5.41, 5.74) is 4.79. The molecular weight excluding hydrogens is 372 g/mol. The van der Waals surface area contributed by atoms with Crippen molar-refractivity contribution in [3.05, 3.63) is 102 Å². The second kappa shape index (κ2) is 9.24. The average Bonchev–Trinajstić information content (AvgIpc) is 2.68. The van der Waals surface area contributed by atoms with Crippen LogP contribution in [0, 0.1) is 0 Å². The SMILES string of the molecule is BrCCCOc1ccc(C(=Cc2ccccc2)c2ccccc2)cc1. The van der Waals surface area contributed by atoms with Gasteiger partial charge in [-0.2, -0.15) is 0 Å². The van der Waals surface area contributed by atoms with Crippen LogP contribution in [0.2, 0.25) is 0 Å². The van der Waals surface area contributed by atoms with Crippen LogP contribution in [0.1, 0.15) is 23.1 Å². The van der Waals surface area contributed by atoms with E-state index in [1.807, 2.05) is 24.3 Å². The fraction of sp³-hybridized carbons (Fsp3) is 0.130. The Hall–Kier alpha value is -2.32. The molecular formula is C23H21BrO. The number of rotatable bonds is 7. The van der Waals surface area contributed by atoms with Gasteiger partial charge in [-0.3, -0.25) is 0 Å². The topological polar surface area (TPSA) is 9.23 Å². The van der Waals surface area contributed by atoms with Crippen LogP contribution in [0.3, 0.4) is 0 Å². The molecule has 0 amide bonds. The molecule has 0 atom stereocenters. The van der Waals surface area contributed by atoms with Gasteiger partial charge in [0.2, 0.25) is 0 Å². The highest BCUT2D eigenvalue weighted by molar-refractivity contribution is 9.09. The molecule has 0 saturated heterocycles. The van der Waals surface area contributed by atoms with Gasteiger partial charge in [0.1, 0.15) is 5.75 Å². The fourth-order valence-electron chi connectivity index (χ4n) is 2.64. The predicted octanol–water partition coefficient (Wildman–Crippen LogP) is 6.44. The van der Waals surface area contributed by atoms with Crippen molar-refractivity contribution in [1.82, 2.24) is 0 Å². The van der Waals surface area contributed by atoms with E-state index in [0.29, 0.717) is 0 Å². The van der Waals surface area contributed by atoms with Crippen LogP contribution in [-0.4, -0.2) is 11.9 Å². The number of alkyl halides is 1. The van der Waals surface area contributed by atoms with Crippen LogP contribution in [-0.2, 0) is 0 Å². The molecule has 0 aliphatic heterocycles. The Morgan fingerprint density at radius 3 is 2.00 bits per heavy atom. The van der Waals surface area contributed by atoms with Crippen LogP contribution < -0.4 is 4.74 Å². The molecule has 0 aromatic heterocycles. The highest BCUT2D eigenvalue weighted by Gasteiger charge is 2.06. The molecule has 1 nitrogen and oxygen atoms in total. The molecule has 0 saturated carbocycles. The van der Waals surface area contributed by atoms with Crippen molar-refractivity contribution >= 4 is 27.6 Å². The first kappa shape index (κ1) is 17.5. The standard InChI is InChI=1S/C23H21BrO/c24-16-7-17-25-22-14-12-21(13-15-22)23(20-10-5-2-6-11-20)18-19-8-3-1-4-9-19/h1-6,8-15,18H,7,16-17H2. The molecule has 0 aliphatic rings. The maximum absolute atomic E-state index is 5.76. The summed E-state index contributed by atoms with van der Waals surface area (Å²) >= 11 is 3.42. The Balaban J connectivity index is 1.91. The van der Waals surface area contributed by atoms with Gasteiger partial charge in [0, 0.05) is 5.33 Å². The molecule has 25 heavy (non-hydrogen) atoms. The highest BCUT2D eigenvalue weighted by atomic mass is 79.9. The van der Waals surface area contributed by atoms with Crippen LogP contribution in [0.25, 0.3) is 11.6 Å². The van der Waals surface area contributed by atoms with Crippen LogP contribution in [0.5, 0.6) is 5.75 Å².